The van der Waals surface area contributed by atoms with E-state index in [0.29, 0.717) is 5.89 Å². The summed E-state index contributed by atoms with van der Waals surface area (Å²) in [5.74, 6) is -0.150. The maximum absolute atomic E-state index is 10.5. The predicted molar refractivity (Wildman–Crippen MR) is 35.1 cm³/mol. The first kappa shape index (κ1) is 6.60. The molecule has 2 heterocycles. The fourth-order valence-electron chi connectivity index (χ4n) is 1.15. The minimum atomic E-state index is -0.518. The highest BCUT2D eigenvalue weighted by Gasteiger charge is 2.22. The highest BCUT2D eigenvalue weighted by Crippen LogP contribution is 2.25. The van der Waals surface area contributed by atoms with Crippen molar-refractivity contribution in [1.29, 1.82) is 0 Å². The zero-order valence-corrected chi connectivity index (χ0v) is 5.87. The number of hydrogen-bond acceptors (Lipinski definition) is 4. The molecule has 2 rings (SSSR count). The Balaban J connectivity index is 2.21. The first-order chi connectivity index (χ1) is 5.36. The van der Waals surface area contributed by atoms with Crippen LogP contribution in [0.15, 0.2) is 9.21 Å². The van der Waals surface area contributed by atoms with E-state index in [1.807, 2.05) is 0 Å². The van der Waals surface area contributed by atoms with E-state index in [0.717, 1.165) is 19.4 Å². The van der Waals surface area contributed by atoms with Crippen LogP contribution in [-0.2, 0) is 4.74 Å². The number of ether oxygens (including phenoxy) is 1. The van der Waals surface area contributed by atoms with Gasteiger partial charge in [-0.25, -0.2) is 9.89 Å². The van der Waals surface area contributed by atoms with Crippen LogP contribution in [0.3, 0.4) is 0 Å². The Morgan fingerprint density at radius 1 is 1.64 bits per heavy atom. The Hall–Kier alpha value is -1.10. The molecule has 1 N–H and O–H groups in total. The maximum atomic E-state index is 10.5. The molecule has 0 spiro atoms. The molecular formula is C6H8N2O3. The topological polar surface area (TPSA) is 68.1 Å². The van der Waals surface area contributed by atoms with Gasteiger partial charge in [-0.2, -0.15) is 0 Å². The van der Waals surface area contributed by atoms with Gasteiger partial charge in [-0.05, 0) is 12.8 Å². The number of aromatic amines is 1. The fraction of sp³-hybridized carbons (Fsp3) is 0.667. The number of H-pyrrole nitrogens is 1. The Morgan fingerprint density at radius 2 is 2.55 bits per heavy atom. The summed E-state index contributed by atoms with van der Waals surface area (Å²) < 4.78 is 9.96. The molecule has 60 valence electrons. The predicted octanol–water partition coefficient (Wildman–Crippen LogP) is 0.214. The molecule has 0 aliphatic carbocycles. The molecule has 1 unspecified atom stereocenters. The van der Waals surface area contributed by atoms with Crippen LogP contribution in [0.2, 0.25) is 0 Å². The quantitative estimate of drug-likeness (QED) is 0.631. The molecule has 0 bridgehead atoms. The van der Waals surface area contributed by atoms with Crippen LogP contribution in [0.5, 0.6) is 0 Å². The molecular weight excluding hydrogens is 148 g/mol. The summed E-state index contributed by atoms with van der Waals surface area (Å²) in [7, 11) is 0. The molecule has 1 aromatic rings. The molecule has 5 heteroatoms. The van der Waals surface area contributed by atoms with Crippen molar-refractivity contribution >= 4 is 0 Å². The van der Waals surface area contributed by atoms with Crippen molar-refractivity contribution in [1.82, 2.24) is 10.2 Å². The largest absolute Gasteiger partial charge is 0.434 e. The second-order valence-corrected chi connectivity index (χ2v) is 2.45. The molecule has 5 nitrogen and oxygen atoms in total. The van der Waals surface area contributed by atoms with Gasteiger partial charge in [-0.1, -0.05) is 0 Å². The molecule has 1 aliphatic heterocycles. The van der Waals surface area contributed by atoms with E-state index in [1.54, 1.807) is 0 Å². The zero-order valence-electron chi connectivity index (χ0n) is 5.87. The first-order valence-corrected chi connectivity index (χ1v) is 3.53. The second kappa shape index (κ2) is 2.50. The van der Waals surface area contributed by atoms with Crippen LogP contribution in [0.25, 0.3) is 0 Å². The second-order valence-electron chi connectivity index (χ2n) is 2.45. The average Bonchev–Trinajstić information content (AvgIpc) is 2.55. The monoisotopic (exact) mass is 156 g/mol. The first-order valence-electron chi connectivity index (χ1n) is 3.53. The van der Waals surface area contributed by atoms with Crippen molar-refractivity contribution < 1.29 is 9.15 Å². The average molecular weight is 156 g/mol. The van der Waals surface area contributed by atoms with Crippen LogP contribution in [0.1, 0.15) is 24.8 Å². The van der Waals surface area contributed by atoms with Crippen LogP contribution in [0, 0.1) is 0 Å². The number of nitrogens with zero attached hydrogens (tertiary/aromatic N) is 1. The Kier molecular flexibility index (Phi) is 1.50. The summed E-state index contributed by atoms with van der Waals surface area (Å²) >= 11 is 0. The molecule has 0 saturated carbocycles. The van der Waals surface area contributed by atoms with E-state index < -0.39 is 5.76 Å². The van der Waals surface area contributed by atoms with Crippen molar-refractivity contribution in [3.05, 3.63) is 16.4 Å². The molecule has 0 radical (unpaired) electrons. The maximum Gasteiger partial charge on any atom is 0.434 e. The highest BCUT2D eigenvalue weighted by atomic mass is 16.5. The minimum Gasteiger partial charge on any atom is -0.390 e. The standard InChI is InChI=1S/C6H8N2O3/c9-6-8-7-5(11-6)4-2-1-3-10-4/h4H,1-3H2,(H,8,9). The van der Waals surface area contributed by atoms with E-state index in [1.165, 1.54) is 0 Å². The normalized spacial score (nSPS) is 24.2. The Labute approximate surface area is 62.4 Å². The highest BCUT2D eigenvalue weighted by molar-refractivity contribution is 4.84. The third-order valence-electron chi connectivity index (χ3n) is 1.66. The van der Waals surface area contributed by atoms with E-state index in [9.17, 15) is 4.79 Å². The van der Waals surface area contributed by atoms with Gasteiger partial charge in [-0.15, -0.1) is 5.10 Å². The molecule has 0 amide bonds. The van der Waals surface area contributed by atoms with Gasteiger partial charge in [0.2, 0.25) is 5.89 Å². The third kappa shape index (κ3) is 1.19. The summed E-state index contributed by atoms with van der Waals surface area (Å²) in [6.07, 6.45) is 1.77. The number of rotatable bonds is 1. The van der Waals surface area contributed by atoms with E-state index >= 15 is 0 Å². The summed E-state index contributed by atoms with van der Waals surface area (Å²) in [6.45, 7) is 0.723. The van der Waals surface area contributed by atoms with Crippen molar-refractivity contribution in [3.63, 3.8) is 0 Å². The SMILES string of the molecule is O=c1[nH]nc(C2CCCO2)o1. The van der Waals surface area contributed by atoms with E-state index in [4.69, 9.17) is 9.15 Å². The molecule has 1 saturated heterocycles. The molecule has 1 aromatic heterocycles. The van der Waals surface area contributed by atoms with Crippen molar-refractivity contribution in [2.75, 3.05) is 6.61 Å². The lowest BCUT2D eigenvalue weighted by Gasteiger charge is -2.00. The van der Waals surface area contributed by atoms with Gasteiger partial charge in [0.1, 0.15) is 6.10 Å². The van der Waals surface area contributed by atoms with Gasteiger partial charge < -0.3 is 9.15 Å². The van der Waals surface area contributed by atoms with Crippen LogP contribution < -0.4 is 5.76 Å². The summed E-state index contributed by atoms with van der Waals surface area (Å²) in [6, 6.07) is 0. The van der Waals surface area contributed by atoms with E-state index in [-0.39, 0.29) is 6.10 Å². The van der Waals surface area contributed by atoms with Crippen molar-refractivity contribution in [2.24, 2.45) is 0 Å². The fourth-order valence-corrected chi connectivity index (χ4v) is 1.15. The van der Waals surface area contributed by atoms with E-state index in [2.05, 4.69) is 10.2 Å². The number of nitrogens with one attached hydrogen (secondary N) is 1. The molecule has 1 aliphatic rings. The summed E-state index contributed by atoms with van der Waals surface area (Å²) in [4.78, 5) is 10.5. The minimum absolute atomic E-state index is 0.117. The number of hydrogen-bond donors (Lipinski definition) is 1. The molecule has 1 fully saturated rings. The van der Waals surface area contributed by atoms with Crippen LogP contribution in [-0.4, -0.2) is 16.8 Å². The van der Waals surface area contributed by atoms with Gasteiger partial charge >= 0.3 is 5.76 Å². The Morgan fingerprint density at radius 3 is 3.09 bits per heavy atom. The zero-order chi connectivity index (χ0) is 7.68. The summed E-state index contributed by atoms with van der Waals surface area (Å²) in [5.41, 5.74) is 0. The lowest BCUT2D eigenvalue weighted by Crippen LogP contribution is -1.96. The lowest BCUT2D eigenvalue weighted by atomic mass is 10.2. The van der Waals surface area contributed by atoms with Gasteiger partial charge in [0.25, 0.3) is 0 Å². The van der Waals surface area contributed by atoms with Gasteiger partial charge in [0, 0.05) is 6.61 Å². The third-order valence-corrected chi connectivity index (χ3v) is 1.66. The summed E-state index contributed by atoms with van der Waals surface area (Å²) in [5, 5.41) is 5.86. The van der Waals surface area contributed by atoms with Crippen molar-refractivity contribution in [3.8, 4) is 0 Å². The van der Waals surface area contributed by atoms with Crippen LogP contribution in [0.4, 0.5) is 0 Å². The molecule has 0 aromatic carbocycles. The van der Waals surface area contributed by atoms with Crippen LogP contribution >= 0.6 is 0 Å². The molecule has 11 heavy (non-hydrogen) atoms. The number of aromatic nitrogens is 2. The van der Waals surface area contributed by atoms with Gasteiger partial charge in [0.05, 0.1) is 0 Å². The van der Waals surface area contributed by atoms with Gasteiger partial charge in [0.15, 0.2) is 0 Å². The van der Waals surface area contributed by atoms with Crippen molar-refractivity contribution in [2.45, 2.75) is 18.9 Å². The van der Waals surface area contributed by atoms with Gasteiger partial charge in [-0.3, -0.25) is 0 Å². The lowest BCUT2D eigenvalue weighted by molar-refractivity contribution is 0.0880. The Bertz CT molecular complexity index is 284. The smallest absolute Gasteiger partial charge is 0.390 e. The molecule has 1 atom stereocenters.